The van der Waals surface area contributed by atoms with Gasteiger partial charge in [0.2, 0.25) is 0 Å². The van der Waals surface area contributed by atoms with Gasteiger partial charge in [-0.1, -0.05) is 20.3 Å². The maximum absolute atomic E-state index is 12.4. The van der Waals surface area contributed by atoms with Crippen molar-refractivity contribution in [2.75, 3.05) is 11.9 Å². The molecule has 1 aliphatic rings. The van der Waals surface area contributed by atoms with E-state index in [2.05, 4.69) is 29.5 Å². The van der Waals surface area contributed by atoms with Gasteiger partial charge in [0.15, 0.2) is 0 Å². The van der Waals surface area contributed by atoms with E-state index in [1.807, 2.05) is 13.0 Å². The first-order chi connectivity index (χ1) is 9.04. The molecular weight excluding hydrogens is 238 g/mol. The lowest BCUT2D eigenvalue weighted by molar-refractivity contribution is 0.0910. The Labute approximate surface area is 115 Å². The molecule has 1 unspecified atom stereocenters. The molecule has 1 atom stereocenters. The number of amides is 1. The third-order valence-electron chi connectivity index (χ3n) is 4.00. The summed E-state index contributed by atoms with van der Waals surface area (Å²) in [7, 11) is 0. The molecule has 19 heavy (non-hydrogen) atoms. The predicted molar refractivity (Wildman–Crippen MR) is 77.3 cm³/mol. The van der Waals surface area contributed by atoms with E-state index in [-0.39, 0.29) is 17.4 Å². The first-order valence-corrected chi connectivity index (χ1v) is 7.03. The van der Waals surface area contributed by atoms with Crippen molar-refractivity contribution in [1.82, 2.24) is 10.3 Å². The summed E-state index contributed by atoms with van der Waals surface area (Å²) in [5, 5.41) is 6.37. The average molecular weight is 261 g/mol. The summed E-state index contributed by atoms with van der Waals surface area (Å²) in [6, 6.07) is 2.10. The van der Waals surface area contributed by atoms with Gasteiger partial charge in [0.25, 0.3) is 5.91 Å². The van der Waals surface area contributed by atoms with Gasteiger partial charge in [-0.15, -0.1) is 0 Å². The van der Waals surface area contributed by atoms with Gasteiger partial charge in [0.05, 0.1) is 11.3 Å². The molecule has 1 amide bonds. The van der Waals surface area contributed by atoms with E-state index in [9.17, 15) is 4.79 Å². The van der Waals surface area contributed by atoms with Crippen LogP contribution < -0.4 is 10.6 Å². The van der Waals surface area contributed by atoms with Crippen LogP contribution in [0.2, 0.25) is 0 Å². The molecule has 0 spiro atoms. The summed E-state index contributed by atoms with van der Waals surface area (Å²) in [4.78, 5) is 16.5. The minimum absolute atomic E-state index is 0.0241. The fourth-order valence-electron chi connectivity index (χ4n) is 2.75. The Kier molecular flexibility index (Phi) is 4.08. The first-order valence-electron chi connectivity index (χ1n) is 7.03. The number of pyridine rings is 1. The van der Waals surface area contributed by atoms with Crippen molar-refractivity contribution in [3.8, 4) is 0 Å². The quantitative estimate of drug-likeness (QED) is 0.876. The number of nitrogens with zero attached hydrogens (tertiary/aromatic N) is 1. The summed E-state index contributed by atoms with van der Waals surface area (Å²) >= 11 is 0. The number of rotatable bonds is 4. The maximum atomic E-state index is 12.4. The maximum Gasteiger partial charge on any atom is 0.255 e. The summed E-state index contributed by atoms with van der Waals surface area (Å²) in [5.41, 5.74) is 1.67. The highest BCUT2D eigenvalue weighted by molar-refractivity contribution is 5.99. The molecule has 1 heterocycles. The van der Waals surface area contributed by atoms with Crippen LogP contribution in [-0.4, -0.2) is 23.5 Å². The van der Waals surface area contributed by atoms with E-state index < -0.39 is 0 Å². The standard InChI is InChI=1S/C15H23N3O/c1-4-17-12-7-9-16-10-11(12)14(19)18-13-6-5-8-15(13,2)3/h7,9-10,13H,4-6,8H2,1-3H3,(H,16,17)(H,18,19). The molecule has 0 aromatic carbocycles. The Morgan fingerprint density at radius 3 is 2.95 bits per heavy atom. The number of hydrogen-bond acceptors (Lipinski definition) is 3. The molecule has 1 saturated carbocycles. The molecule has 2 N–H and O–H groups in total. The number of nitrogens with one attached hydrogen (secondary N) is 2. The van der Waals surface area contributed by atoms with Gasteiger partial charge in [-0.3, -0.25) is 9.78 Å². The first kappa shape index (κ1) is 13.8. The molecule has 2 rings (SSSR count). The molecule has 0 saturated heterocycles. The lowest BCUT2D eigenvalue weighted by Gasteiger charge is -2.28. The van der Waals surface area contributed by atoms with Crippen LogP contribution in [0.4, 0.5) is 5.69 Å². The lowest BCUT2D eigenvalue weighted by atomic mass is 9.87. The fourth-order valence-corrected chi connectivity index (χ4v) is 2.75. The van der Waals surface area contributed by atoms with E-state index in [1.165, 1.54) is 12.8 Å². The van der Waals surface area contributed by atoms with Crippen LogP contribution in [0.3, 0.4) is 0 Å². The largest absolute Gasteiger partial charge is 0.385 e. The monoisotopic (exact) mass is 261 g/mol. The van der Waals surface area contributed by atoms with Gasteiger partial charge in [-0.25, -0.2) is 0 Å². The van der Waals surface area contributed by atoms with Crippen molar-refractivity contribution in [2.45, 2.75) is 46.1 Å². The second kappa shape index (κ2) is 5.59. The zero-order valence-corrected chi connectivity index (χ0v) is 12.0. The highest BCUT2D eigenvalue weighted by Crippen LogP contribution is 2.37. The zero-order valence-electron chi connectivity index (χ0n) is 12.0. The Bertz CT molecular complexity index is 456. The van der Waals surface area contributed by atoms with Gasteiger partial charge in [0.1, 0.15) is 0 Å². The van der Waals surface area contributed by atoms with Gasteiger partial charge in [0, 0.05) is 25.0 Å². The zero-order chi connectivity index (χ0) is 13.9. The Morgan fingerprint density at radius 1 is 1.53 bits per heavy atom. The van der Waals surface area contributed by atoms with Crippen LogP contribution in [-0.2, 0) is 0 Å². The molecule has 1 fully saturated rings. The Balaban J connectivity index is 2.12. The highest BCUT2D eigenvalue weighted by Gasteiger charge is 2.35. The van der Waals surface area contributed by atoms with Crippen molar-refractivity contribution in [3.63, 3.8) is 0 Å². The van der Waals surface area contributed by atoms with Crippen LogP contribution >= 0.6 is 0 Å². The Hall–Kier alpha value is -1.58. The smallest absolute Gasteiger partial charge is 0.255 e. The molecule has 0 bridgehead atoms. The highest BCUT2D eigenvalue weighted by atomic mass is 16.1. The lowest BCUT2D eigenvalue weighted by Crippen LogP contribution is -2.41. The van der Waals surface area contributed by atoms with Crippen molar-refractivity contribution in [1.29, 1.82) is 0 Å². The van der Waals surface area contributed by atoms with E-state index in [1.54, 1.807) is 12.4 Å². The fraction of sp³-hybridized carbons (Fsp3) is 0.600. The molecule has 4 heteroatoms. The number of hydrogen-bond donors (Lipinski definition) is 2. The van der Waals surface area contributed by atoms with Gasteiger partial charge >= 0.3 is 0 Å². The van der Waals surface area contributed by atoms with Gasteiger partial charge in [-0.05, 0) is 31.2 Å². The second-order valence-corrected chi connectivity index (χ2v) is 5.86. The van der Waals surface area contributed by atoms with Crippen molar-refractivity contribution >= 4 is 11.6 Å². The minimum atomic E-state index is -0.0241. The number of aromatic nitrogens is 1. The molecule has 0 radical (unpaired) electrons. The number of carbonyl (C=O) groups is 1. The van der Waals surface area contributed by atoms with Crippen LogP contribution in [0.25, 0.3) is 0 Å². The van der Waals surface area contributed by atoms with E-state index in [0.29, 0.717) is 5.56 Å². The molecule has 0 aliphatic heterocycles. The second-order valence-electron chi connectivity index (χ2n) is 5.86. The van der Waals surface area contributed by atoms with Gasteiger partial charge in [-0.2, -0.15) is 0 Å². The minimum Gasteiger partial charge on any atom is -0.385 e. The third-order valence-corrected chi connectivity index (χ3v) is 4.00. The summed E-state index contributed by atoms with van der Waals surface area (Å²) in [5.74, 6) is -0.0241. The molecule has 1 aromatic rings. The normalized spacial score (nSPS) is 21.1. The van der Waals surface area contributed by atoms with Crippen LogP contribution in [0.1, 0.15) is 50.4 Å². The molecule has 104 valence electrons. The molecular formula is C15H23N3O. The summed E-state index contributed by atoms with van der Waals surface area (Å²) in [6.07, 6.45) is 6.76. The van der Waals surface area contributed by atoms with E-state index in [0.717, 1.165) is 18.7 Å². The van der Waals surface area contributed by atoms with Crippen molar-refractivity contribution in [2.24, 2.45) is 5.41 Å². The summed E-state index contributed by atoms with van der Waals surface area (Å²) < 4.78 is 0. The Morgan fingerprint density at radius 2 is 2.32 bits per heavy atom. The third kappa shape index (κ3) is 3.06. The molecule has 1 aliphatic carbocycles. The van der Waals surface area contributed by atoms with Gasteiger partial charge < -0.3 is 10.6 Å². The topological polar surface area (TPSA) is 54.0 Å². The molecule has 1 aromatic heterocycles. The van der Waals surface area contributed by atoms with Crippen molar-refractivity contribution < 1.29 is 4.79 Å². The number of anilines is 1. The van der Waals surface area contributed by atoms with Crippen molar-refractivity contribution in [3.05, 3.63) is 24.0 Å². The summed E-state index contributed by atoms with van der Waals surface area (Å²) in [6.45, 7) is 7.25. The predicted octanol–water partition coefficient (Wildman–Crippen LogP) is 2.82. The van der Waals surface area contributed by atoms with E-state index in [4.69, 9.17) is 0 Å². The average Bonchev–Trinajstić information content (AvgIpc) is 2.70. The number of carbonyl (C=O) groups excluding carboxylic acids is 1. The van der Waals surface area contributed by atoms with Crippen LogP contribution in [0.5, 0.6) is 0 Å². The molecule has 4 nitrogen and oxygen atoms in total. The van der Waals surface area contributed by atoms with Crippen LogP contribution in [0, 0.1) is 5.41 Å². The van der Waals surface area contributed by atoms with Crippen LogP contribution in [0.15, 0.2) is 18.5 Å². The SMILES string of the molecule is CCNc1ccncc1C(=O)NC1CCCC1(C)C. The van der Waals surface area contributed by atoms with E-state index >= 15 is 0 Å².